The number of pyridine rings is 1. The Hall–Kier alpha value is -2.42. The van der Waals surface area contributed by atoms with Gasteiger partial charge in [-0.2, -0.15) is 0 Å². The zero-order valence-electron chi connectivity index (χ0n) is 18.0. The van der Waals surface area contributed by atoms with Gasteiger partial charge in [0, 0.05) is 18.0 Å². The molecular formula is C26H35NO2. The third-order valence-electron chi connectivity index (χ3n) is 5.05. The van der Waals surface area contributed by atoms with Crippen molar-refractivity contribution < 1.29 is 9.53 Å². The quantitative estimate of drug-likeness (QED) is 0.214. The van der Waals surface area contributed by atoms with Gasteiger partial charge < -0.3 is 4.74 Å². The van der Waals surface area contributed by atoms with Gasteiger partial charge in [0.15, 0.2) is 0 Å². The summed E-state index contributed by atoms with van der Waals surface area (Å²) in [5.41, 5.74) is 4.08. The molecule has 0 unspecified atom stereocenters. The van der Waals surface area contributed by atoms with Crippen LogP contribution in [0.2, 0.25) is 0 Å². The van der Waals surface area contributed by atoms with Gasteiger partial charge in [0.25, 0.3) is 0 Å². The standard InChI is InChI=1S/C26H35NO2/c1-3-4-5-6-7-8-9-10-18-29-26(28)22(2)19-23-13-15-24(16-14-23)20-25-12-11-17-27-21-25/h11-17,19,21H,3-10,18,20H2,1-2H3/b22-19+. The molecule has 0 radical (unpaired) electrons. The van der Waals surface area contributed by atoms with E-state index in [0.717, 1.165) is 24.8 Å². The van der Waals surface area contributed by atoms with E-state index in [9.17, 15) is 4.79 Å². The van der Waals surface area contributed by atoms with Crippen molar-refractivity contribution in [1.82, 2.24) is 4.98 Å². The summed E-state index contributed by atoms with van der Waals surface area (Å²) in [4.78, 5) is 16.3. The lowest BCUT2D eigenvalue weighted by Crippen LogP contribution is -2.07. The first kappa shape index (κ1) is 22.9. The Bertz CT molecular complexity index is 735. The number of ether oxygens (including phenoxy) is 1. The van der Waals surface area contributed by atoms with Crippen molar-refractivity contribution in [3.05, 3.63) is 71.1 Å². The zero-order chi connectivity index (χ0) is 20.7. The Morgan fingerprint density at radius 3 is 2.28 bits per heavy atom. The van der Waals surface area contributed by atoms with Crippen LogP contribution in [0.15, 0.2) is 54.4 Å². The molecule has 0 N–H and O–H groups in total. The number of benzene rings is 1. The lowest BCUT2D eigenvalue weighted by atomic mass is 10.0. The summed E-state index contributed by atoms with van der Waals surface area (Å²) in [6.45, 7) is 4.58. The van der Waals surface area contributed by atoms with E-state index in [1.54, 1.807) is 6.20 Å². The summed E-state index contributed by atoms with van der Waals surface area (Å²) in [7, 11) is 0. The van der Waals surface area contributed by atoms with Crippen molar-refractivity contribution in [2.75, 3.05) is 6.61 Å². The smallest absolute Gasteiger partial charge is 0.333 e. The van der Waals surface area contributed by atoms with Crippen LogP contribution < -0.4 is 0 Å². The second-order valence-corrected chi connectivity index (χ2v) is 7.72. The van der Waals surface area contributed by atoms with E-state index in [-0.39, 0.29) is 5.97 Å². The second-order valence-electron chi connectivity index (χ2n) is 7.72. The molecule has 0 saturated heterocycles. The molecule has 0 aliphatic carbocycles. The van der Waals surface area contributed by atoms with E-state index in [1.165, 1.54) is 49.7 Å². The highest BCUT2D eigenvalue weighted by Gasteiger charge is 2.06. The van der Waals surface area contributed by atoms with Crippen LogP contribution >= 0.6 is 0 Å². The fourth-order valence-electron chi connectivity index (χ4n) is 3.29. The normalized spacial score (nSPS) is 11.4. The molecule has 0 atom stereocenters. The van der Waals surface area contributed by atoms with Gasteiger partial charge in [0.05, 0.1) is 6.61 Å². The predicted octanol–water partition coefficient (Wildman–Crippen LogP) is 6.76. The van der Waals surface area contributed by atoms with Crippen LogP contribution in [0.4, 0.5) is 0 Å². The van der Waals surface area contributed by atoms with Crippen molar-refractivity contribution >= 4 is 12.0 Å². The largest absolute Gasteiger partial charge is 0.462 e. The maximum Gasteiger partial charge on any atom is 0.333 e. The zero-order valence-corrected chi connectivity index (χ0v) is 18.0. The lowest BCUT2D eigenvalue weighted by Gasteiger charge is -2.06. The Kier molecular flexibility index (Phi) is 10.8. The highest BCUT2D eigenvalue weighted by Crippen LogP contribution is 2.14. The molecule has 3 heteroatoms. The molecule has 0 aliphatic heterocycles. The number of nitrogens with zero attached hydrogens (tertiary/aromatic N) is 1. The molecule has 0 amide bonds. The molecule has 0 bridgehead atoms. The van der Waals surface area contributed by atoms with Crippen molar-refractivity contribution in [1.29, 1.82) is 0 Å². The van der Waals surface area contributed by atoms with Gasteiger partial charge in [-0.05, 0) is 48.6 Å². The summed E-state index contributed by atoms with van der Waals surface area (Å²) in [5.74, 6) is -0.215. The number of rotatable bonds is 13. The van der Waals surface area contributed by atoms with Gasteiger partial charge in [-0.15, -0.1) is 0 Å². The van der Waals surface area contributed by atoms with E-state index in [2.05, 4.69) is 30.1 Å². The predicted molar refractivity (Wildman–Crippen MR) is 121 cm³/mol. The number of hydrogen-bond acceptors (Lipinski definition) is 3. The average molecular weight is 394 g/mol. The topological polar surface area (TPSA) is 39.2 Å². The fraction of sp³-hybridized carbons (Fsp3) is 0.462. The molecule has 2 rings (SSSR count). The summed E-state index contributed by atoms with van der Waals surface area (Å²) in [6, 6.07) is 12.3. The van der Waals surface area contributed by atoms with Crippen LogP contribution in [0.3, 0.4) is 0 Å². The molecule has 1 aromatic heterocycles. The highest BCUT2D eigenvalue weighted by molar-refractivity contribution is 5.92. The van der Waals surface area contributed by atoms with Gasteiger partial charge in [0.2, 0.25) is 0 Å². The van der Waals surface area contributed by atoms with Crippen molar-refractivity contribution in [2.24, 2.45) is 0 Å². The summed E-state index contributed by atoms with van der Waals surface area (Å²) >= 11 is 0. The summed E-state index contributed by atoms with van der Waals surface area (Å²) in [6.07, 6.45) is 16.4. The average Bonchev–Trinajstić information content (AvgIpc) is 2.74. The van der Waals surface area contributed by atoms with Crippen LogP contribution in [-0.4, -0.2) is 17.6 Å². The molecule has 0 fully saturated rings. The van der Waals surface area contributed by atoms with E-state index in [4.69, 9.17) is 4.74 Å². The number of carbonyl (C=O) groups is 1. The molecule has 0 saturated carbocycles. The van der Waals surface area contributed by atoms with Crippen LogP contribution in [0, 0.1) is 0 Å². The fourth-order valence-corrected chi connectivity index (χ4v) is 3.29. The van der Waals surface area contributed by atoms with Crippen LogP contribution in [0.25, 0.3) is 6.08 Å². The summed E-state index contributed by atoms with van der Waals surface area (Å²) < 4.78 is 5.41. The Labute approximate surface area is 176 Å². The molecule has 156 valence electrons. The summed E-state index contributed by atoms with van der Waals surface area (Å²) in [5, 5.41) is 0. The number of hydrogen-bond donors (Lipinski definition) is 0. The van der Waals surface area contributed by atoms with E-state index >= 15 is 0 Å². The van der Waals surface area contributed by atoms with Crippen molar-refractivity contribution in [3.63, 3.8) is 0 Å². The van der Waals surface area contributed by atoms with Gasteiger partial charge in [-0.1, -0.05) is 82.2 Å². The number of carbonyl (C=O) groups excluding carboxylic acids is 1. The highest BCUT2D eigenvalue weighted by atomic mass is 16.5. The Morgan fingerprint density at radius 1 is 0.931 bits per heavy atom. The third kappa shape index (κ3) is 9.56. The van der Waals surface area contributed by atoms with E-state index in [1.807, 2.05) is 37.4 Å². The second kappa shape index (κ2) is 13.7. The van der Waals surface area contributed by atoms with Crippen LogP contribution in [-0.2, 0) is 16.0 Å². The van der Waals surface area contributed by atoms with Crippen molar-refractivity contribution in [2.45, 2.75) is 71.6 Å². The lowest BCUT2D eigenvalue weighted by molar-refractivity contribution is -0.139. The minimum Gasteiger partial charge on any atom is -0.462 e. The number of unbranched alkanes of at least 4 members (excludes halogenated alkanes) is 7. The molecule has 2 aromatic rings. The van der Waals surface area contributed by atoms with Crippen LogP contribution in [0.1, 0.15) is 81.9 Å². The molecule has 1 heterocycles. The maximum atomic E-state index is 12.2. The number of aromatic nitrogens is 1. The van der Waals surface area contributed by atoms with Crippen LogP contribution in [0.5, 0.6) is 0 Å². The van der Waals surface area contributed by atoms with E-state index < -0.39 is 0 Å². The minimum atomic E-state index is -0.215. The maximum absolute atomic E-state index is 12.2. The first-order valence-corrected chi connectivity index (χ1v) is 11.0. The van der Waals surface area contributed by atoms with E-state index in [0.29, 0.717) is 12.2 Å². The molecule has 3 nitrogen and oxygen atoms in total. The molecule has 1 aromatic carbocycles. The molecule has 0 spiro atoms. The number of esters is 1. The SMILES string of the molecule is CCCCCCCCCCOC(=O)/C(C)=C/c1ccc(Cc2cccnc2)cc1. The first-order valence-electron chi connectivity index (χ1n) is 11.0. The monoisotopic (exact) mass is 393 g/mol. The molecular weight excluding hydrogens is 358 g/mol. The first-order chi connectivity index (χ1) is 14.2. The Morgan fingerprint density at radius 2 is 1.62 bits per heavy atom. The molecule has 0 aliphatic rings. The van der Waals surface area contributed by atoms with Gasteiger partial charge in [-0.25, -0.2) is 4.79 Å². The third-order valence-corrected chi connectivity index (χ3v) is 5.05. The van der Waals surface area contributed by atoms with Gasteiger partial charge >= 0.3 is 5.97 Å². The van der Waals surface area contributed by atoms with Gasteiger partial charge in [-0.3, -0.25) is 4.98 Å². The molecule has 29 heavy (non-hydrogen) atoms. The minimum absolute atomic E-state index is 0.215. The Balaban J connectivity index is 1.68. The van der Waals surface area contributed by atoms with Crippen molar-refractivity contribution in [3.8, 4) is 0 Å². The van der Waals surface area contributed by atoms with Gasteiger partial charge in [0.1, 0.15) is 0 Å².